The van der Waals surface area contributed by atoms with Crippen molar-refractivity contribution in [3.05, 3.63) is 0 Å². The number of carboxylic acid groups (broad SMARTS) is 5. The van der Waals surface area contributed by atoms with Crippen LogP contribution in [0.15, 0.2) is 0 Å². The molecular weight excluding hydrogens is 526 g/mol. The fourth-order valence-electron chi connectivity index (χ4n) is 3.67. The molecule has 0 rings (SSSR count). The minimum Gasteiger partial charge on any atom is -0.550 e. The second-order valence-corrected chi connectivity index (χ2v) is 8.48. The Morgan fingerprint density at radius 1 is 0.684 bits per heavy atom. The van der Waals surface area contributed by atoms with Gasteiger partial charge in [-0.3, -0.25) is 4.79 Å². The van der Waals surface area contributed by atoms with Crippen molar-refractivity contribution in [3.63, 3.8) is 0 Å². The van der Waals surface area contributed by atoms with Crippen LogP contribution in [0.1, 0.15) is 104 Å². The maximum atomic E-state index is 11.9. The molecule has 0 fully saturated rings. The summed E-state index contributed by atoms with van der Waals surface area (Å²) >= 11 is 0. The van der Waals surface area contributed by atoms with E-state index in [2.05, 4.69) is 6.92 Å². The molecule has 0 aromatic carbocycles. The topological polar surface area (TPSA) is 222 Å². The molecule has 0 bridgehead atoms. The standard InChI is InChI=1S/C20H36O8.C4H6O4.2Na/c1-3-5-6-7-8-9-10-11-12-13-14-20(18(25)26,28-4-2)19(27,17(23)24)15-16(21)22;5-3(6)1-2-4(7)8;;/h27H,3-15H2,1-2H3,(H,21,22)(H,23,24)(H,25,26);1-2H2,(H,5,6)(H,7,8);;/q;;2*+1/p-2. The molecule has 0 aliphatic heterocycles. The van der Waals surface area contributed by atoms with E-state index in [1.807, 2.05) is 0 Å². The van der Waals surface area contributed by atoms with E-state index in [-0.39, 0.29) is 72.1 Å². The number of hydrogen-bond donors (Lipinski definition) is 4. The first-order valence-corrected chi connectivity index (χ1v) is 12.2. The summed E-state index contributed by atoms with van der Waals surface area (Å²) in [6.07, 6.45) is 7.51. The third-order valence-corrected chi connectivity index (χ3v) is 5.58. The summed E-state index contributed by atoms with van der Waals surface area (Å²) in [6.45, 7) is 3.47. The Morgan fingerprint density at radius 3 is 1.37 bits per heavy atom. The van der Waals surface area contributed by atoms with Gasteiger partial charge in [-0.25, -0.2) is 9.59 Å². The molecule has 0 radical (unpaired) electrons. The normalized spacial score (nSPS) is 13.2. The van der Waals surface area contributed by atoms with Gasteiger partial charge in [-0.1, -0.05) is 64.7 Å². The molecule has 0 aliphatic carbocycles. The number of aliphatic carboxylic acids is 5. The van der Waals surface area contributed by atoms with Crippen LogP contribution in [-0.4, -0.2) is 68.1 Å². The summed E-state index contributed by atoms with van der Waals surface area (Å²) in [5, 5.41) is 57.6. The molecule has 2 atom stereocenters. The first kappa shape index (κ1) is 44.3. The van der Waals surface area contributed by atoms with Gasteiger partial charge < -0.3 is 45.0 Å². The van der Waals surface area contributed by atoms with E-state index >= 15 is 0 Å². The Kier molecular flexibility index (Phi) is 29.4. The first-order valence-electron chi connectivity index (χ1n) is 12.2. The van der Waals surface area contributed by atoms with Crippen molar-refractivity contribution in [2.24, 2.45) is 0 Å². The maximum Gasteiger partial charge on any atom is 1.00 e. The Balaban J connectivity index is -0.000000499. The third kappa shape index (κ3) is 18.5. The maximum absolute atomic E-state index is 11.9. The predicted molar refractivity (Wildman–Crippen MR) is 123 cm³/mol. The summed E-state index contributed by atoms with van der Waals surface area (Å²) in [6, 6.07) is 0. The smallest absolute Gasteiger partial charge is 0.550 e. The monoisotopic (exact) mass is 566 g/mol. The minimum atomic E-state index is -3.06. The number of aliphatic hydroxyl groups is 1. The largest absolute Gasteiger partial charge is 1.00 e. The fraction of sp³-hybridized carbons (Fsp3) is 0.792. The average Bonchev–Trinajstić information content (AvgIpc) is 2.77. The van der Waals surface area contributed by atoms with Gasteiger partial charge in [-0.2, -0.15) is 0 Å². The molecule has 4 N–H and O–H groups in total. The molecule has 0 aromatic rings. The second-order valence-electron chi connectivity index (χ2n) is 8.48. The Morgan fingerprint density at radius 2 is 1.08 bits per heavy atom. The van der Waals surface area contributed by atoms with Crippen molar-refractivity contribution in [2.45, 2.75) is 115 Å². The quantitative estimate of drug-likeness (QED) is 0.0756. The Labute approximate surface area is 268 Å². The van der Waals surface area contributed by atoms with Gasteiger partial charge in [0.15, 0.2) is 0 Å². The van der Waals surface area contributed by atoms with Gasteiger partial charge in [-0.05, 0) is 32.6 Å². The molecule has 0 aliphatic rings. The number of ether oxygens (including phenoxy) is 1. The molecule has 14 heteroatoms. The van der Waals surface area contributed by atoms with E-state index in [1.54, 1.807) is 0 Å². The van der Waals surface area contributed by atoms with E-state index in [4.69, 9.17) is 9.84 Å². The van der Waals surface area contributed by atoms with Crippen LogP contribution in [0.2, 0.25) is 0 Å². The molecular formula is C24H40Na2O12. The van der Waals surface area contributed by atoms with Crippen molar-refractivity contribution < 1.29 is 118 Å². The van der Waals surface area contributed by atoms with Gasteiger partial charge in [0, 0.05) is 18.5 Å². The molecule has 0 amide bonds. The van der Waals surface area contributed by atoms with E-state index < -0.39 is 60.3 Å². The number of carbonyl (C=O) groups is 5. The fourth-order valence-corrected chi connectivity index (χ4v) is 3.67. The van der Waals surface area contributed by atoms with Crippen LogP contribution in [0.5, 0.6) is 0 Å². The van der Waals surface area contributed by atoms with Crippen molar-refractivity contribution in [1.82, 2.24) is 0 Å². The minimum absolute atomic E-state index is 0. The summed E-state index contributed by atoms with van der Waals surface area (Å²) in [5.74, 6) is -7.93. The Bertz CT molecular complexity index is 690. The zero-order valence-corrected chi connectivity index (χ0v) is 27.2. The van der Waals surface area contributed by atoms with E-state index in [9.17, 15) is 49.5 Å². The van der Waals surface area contributed by atoms with Crippen LogP contribution in [0.4, 0.5) is 0 Å². The molecule has 12 nitrogen and oxygen atoms in total. The molecule has 0 spiro atoms. The summed E-state index contributed by atoms with van der Waals surface area (Å²) in [7, 11) is 0. The van der Waals surface area contributed by atoms with Crippen molar-refractivity contribution in [3.8, 4) is 0 Å². The van der Waals surface area contributed by atoms with Crippen molar-refractivity contribution >= 4 is 29.8 Å². The van der Waals surface area contributed by atoms with Gasteiger partial charge in [0.1, 0.15) is 0 Å². The molecule has 0 saturated carbocycles. The number of rotatable bonds is 21. The summed E-state index contributed by atoms with van der Waals surface area (Å²) < 4.78 is 5.21. The zero-order chi connectivity index (χ0) is 28.2. The third-order valence-electron chi connectivity index (χ3n) is 5.58. The zero-order valence-electron chi connectivity index (χ0n) is 23.2. The predicted octanol–water partition coefficient (Wildman–Crippen LogP) is -5.28. The SMILES string of the molecule is CCCCCCCCCCCCC(OCC)(C(=O)O)C(O)(CC(=O)O)C(=O)O.O=C([O-])CCC(=O)[O-].[Na+].[Na+]. The van der Waals surface area contributed by atoms with Crippen LogP contribution >= 0.6 is 0 Å². The van der Waals surface area contributed by atoms with Crippen LogP contribution in [-0.2, 0) is 28.7 Å². The molecule has 0 saturated heterocycles. The Hall–Kier alpha value is -0.730. The molecule has 2 unspecified atom stereocenters. The van der Waals surface area contributed by atoms with E-state index in [1.165, 1.54) is 32.6 Å². The van der Waals surface area contributed by atoms with Crippen molar-refractivity contribution in [1.29, 1.82) is 0 Å². The van der Waals surface area contributed by atoms with Gasteiger partial charge >= 0.3 is 77.0 Å². The van der Waals surface area contributed by atoms with Crippen LogP contribution in [0.3, 0.4) is 0 Å². The second kappa shape index (κ2) is 25.3. The van der Waals surface area contributed by atoms with Crippen LogP contribution in [0.25, 0.3) is 0 Å². The number of carbonyl (C=O) groups excluding carboxylic acids is 2. The molecule has 0 heterocycles. The van der Waals surface area contributed by atoms with Gasteiger partial charge in [-0.15, -0.1) is 0 Å². The van der Waals surface area contributed by atoms with Gasteiger partial charge in [0.25, 0.3) is 0 Å². The number of carboxylic acids is 5. The van der Waals surface area contributed by atoms with E-state index in [0.717, 1.165) is 25.7 Å². The van der Waals surface area contributed by atoms with Crippen LogP contribution in [0, 0.1) is 0 Å². The van der Waals surface area contributed by atoms with E-state index in [0.29, 0.717) is 12.8 Å². The average molecular weight is 567 g/mol. The molecule has 38 heavy (non-hydrogen) atoms. The van der Waals surface area contributed by atoms with Gasteiger partial charge in [0.05, 0.1) is 6.42 Å². The summed E-state index contributed by atoms with van der Waals surface area (Å²) in [5.41, 5.74) is -5.56. The molecule has 0 aromatic heterocycles. The number of unbranched alkanes of at least 4 members (excludes halogenated alkanes) is 9. The van der Waals surface area contributed by atoms with Gasteiger partial charge in [0.2, 0.25) is 11.2 Å². The van der Waals surface area contributed by atoms with Crippen molar-refractivity contribution in [2.75, 3.05) is 6.61 Å². The molecule has 210 valence electrons. The van der Waals surface area contributed by atoms with Crippen LogP contribution < -0.4 is 69.3 Å². The first-order chi connectivity index (χ1) is 16.8. The number of hydrogen-bond acceptors (Lipinski definition) is 9. The summed E-state index contributed by atoms with van der Waals surface area (Å²) in [4.78, 5) is 53.6.